The summed E-state index contributed by atoms with van der Waals surface area (Å²) in [7, 11) is 1.97. The third-order valence-corrected chi connectivity index (χ3v) is 3.35. The molecule has 0 aliphatic heterocycles. The largest absolute Gasteiger partial charge is 0.480 e. The first-order valence-corrected chi connectivity index (χ1v) is 6.54. The number of rotatable bonds is 5. The average molecular weight is 274 g/mol. The number of amides is 1. The number of para-hydroxylation sites is 1. The van der Waals surface area contributed by atoms with Crippen molar-refractivity contribution in [2.45, 2.75) is 25.8 Å². The van der Waals surface area contributed by atoms with Crippen LogP contribution in [0.3, 0.4) is 0 Å². The van der Waals surface area contributed by atoms with Crippen molar-refractivity contribution < 1.29 is 14.7 Å². The second kappa shape index (κ2) is 5.77. The van der Waals surface area contributed by atoms with Gasteiger partial charge in [-0.15, -0.1) is 0 Å². The number of aryl methyl sites for hydroxylation is 2. The molecule has 0 radical (unpaired) electrons. The van der Waals surface area contributed by atoms with E-state index in [1.165, 1.54) is 6.92 Å². The third-order valence-electron chi connectivity index (χ3n) is 3.35. The molecule has 2 rings (SSSR count). The zero-order valence-corrected chi connectivity index (χ0v) is 11.6. The van der Waals surface area contributed by atoms with Crippen molar-refractivity contribution in [3.8, 4) is 0 Å². The van der Waals surface area contributed by atoms with Crippen LogP contribution in [0.1, 0.15) is 18.9 Å². The summed E-state index contributed by atoms with van der Waals surface area (Å²) in [6.07, 6.45) is 2.89. The van der Waals surface area contributed by atoms with Crippen LogP contribution in [-0.4, -0.2) is 27.6 Å². The van der Waals surface area contributed by atoms with Crippen LogP contribution in [-0.2, 0) is 23.1 Å². The van der Waals surface area contributed by atoms with E-state index < -0.39 is 12.0 Å². The highest BCUT2D eigenvalue weighted by atomic mass is 16.4. The minimum atomic E-state index is -1.02. The molecule has 20 heavy (non-hydrogen) atoms. The number of hydrogen-bond donors (Lipinski definition) is 2. The molecular weight excluding hydrogens is 256 g/mol. The second-order valence-electron chi connectivity index (χ2n) is 4.91. The number of nitrogens with zero attached hydrogens (tertiary/aromatic N) is 1. The number of fused-ring (bicyclic) bond motifs is 1. The van der Waals surface area contributed by atoms with Gasteiger partial charge < -0.3 is 15.0 Å². The summed E-state index contributed by atoms with van der Waals surface area (Å²) >= 11 is 0. The standard InChI is InChI=1S/C15H18N2O3/c1-10(15(19)20)16-14(18)8-7-11-9-17(2)13-6-4-3-5-12(11)13/h3-6,9-10H,7-8H2,1-2H3,(H,16,18)(H,19,20). The summed E-state index contributed by atoms with van der Waals surface area (Å²) in [5.74, 6) is -1.27. The van der Waals surface area contributed by atoms with Crippen molar-refractivity contribution >= 4 is 22.8 Å². The fourth-order valence-corrected chi connectivity index (χ4v) is 2.25. The van der Waals surface area contributed by atoms with Crippen molar-refractivity contribution in [2.75, 3.05) is 0 Å². The molecule has 1 unspecified atom stereocenters. The molecule has 0 bridgehead atoms. The van der Waals surface area contributed by atoms with Gasteiger partial charge in [0.1, 0.15) is 6.04 Å². The Hall–Kier alpha value is -2.30. The first-order valence-electron chi connectivity index (χ1n) is 6.54. The summed E-state index contributed by atoms with van der Waals surface area (Å²) in [6.45, 7) is 1.46. The van der Waals surface area contributed by atoms with Gasteiger partial charge in [0.2, 0.25) is 5.91 Å². The maximum Gasteiger partial charge on any atom is 0.325 e. The molecule has 2 aromatic rings. The molecule has 1 aromatic carbocycles. The van der Waals surface area contributed by atoms with Gasteiger partial charge in [0.05, 0.1) is 0 Å². The molecule has 0 saturated heterocycles. The van der Waals surface area contributed by atoms with Crippen LogP contribution in [0.4, 0.5) is 0 Å². The highest BCUT2D eigenvalue weighted by Crippen LogP contribution is 2.21. The lowest BCUT2D eigenvalue weighted by Gasteiger charge is -2.08. The fourth-order valence-electron chi connectivity index (χ4n) is 2.25. The van der Waals surface area contributed by atoms with Crippen molar-refractivity contribution in [3.63, 3.8) is 0 Å². The zero-order valence-electron chi connectivity index (χ0n) is 11.6. The molecule has 1 heterocycles. The van der Waals surface area contributed by atoms with Crippen LogP contribution >= 0.6 is 0 Å². The highest BCUT2D eigenvalue weighted by molar-refractivity contribution is 5.86. The van der Waals surface area contributed by atoms with Crippen molar-refractivity contribution in [2.24, 2.45) is 7.05 Å². The Bertz CT molecular complexity index is 646. The predicted molar refractivity (Wildman–Crippen MR) is 76.5 cm³/mol. The minimum Gasteiger partial charge on any atom is -0.480 e. The molecule has 1 amide bonds. The predicted octanol–water partition coefficient (Wildman–Crippen LogP) is 1.70. The minimum absolute atomic E-state index is 0.243. The number of carbonyl (C=O) groups excluding carboxylic acids is 1. The molecule has 5 nitrogen and oxygen atoms in total. The maximum absolute atomic E-state index is 11.7. The van der Waals surface area contributed by atoms with Crippen LogP contribution in [0, 0.1) is 0 Å². The van der Waals surface area contributed by atoms with E-state index in [4.69, 9.17) is 5.11 Å². The van der Waals surface area contributed by atoms with E-state index in [0.717, 1.165) is 16.5 Å². The van der Waals surface area contributed by atoms with Crippen molar-refractivity contribution in [1.82, 2.24) is 9.88 Å². The van der Waals surface area contributed by atoms with E-state index in [2.05, 4.69) is 5.32 Å². The topological polar surface area (TPSA) is 71.3 Å². The summed E-state index contributed by atoms with van der Waals surface area (Å²) < 4.78 is 2.03. The van der Waals surface area contributed by atoms with Gasteiger partial charge in [-0.05, 0) is 25.0 Å². The Morgan fingerprint density at radius 2 is 2.05 bits per heavy atom. The van der Waals surface area contributed by atoms with Crippen LogP contribution in [0.5, 0.6) is 0 Å². The van der Waals surface area contributed by atoms with E-state index in [0.29, 0.717) is 6.42 Å². The van der Waals surface area contributed by atoms with Crippen LogP contribution in [0.2, 0.25) is 0 Å². The normalized spacial score (nSPS) is 12.3. The van der Waals surface area contributed by atoms with E-state index in [1.54, 1.807) is 0 Å². The Kier molecular flexibility index (Phi) is 4.08. The number of aliphatic carboxylic acids is 1. The molecule has 1 atom stereocenters. The average Bonchev–Trinajstić information content (AvgIpc) is 2.74. The number of aromatic nitrogens is 1. The van der Waals surface area contributed by atoms with Gasteiger partial charge in [0, 0.05) is 30.6 Å². The molecule has 1 aromatic heterocycles. The molecule has 0 aliphatic carbocycles. The van der Waals surface area contributed by atoms with Crippen molar-refractivity contribution in [1.29, 1.82) is 0 Å². The Balaban J connectivity index is 2.03. The second-order valence-corrected chi connectivity index (χ2v) is 4.91. The molecule has 5 heteroatoms. The molecule has 106 valence electrons. The fraction of sp³-hybridized carbons (Fsp3) is 0.333. The quantitative estimate of drug-likeness (QED) is 0.871. The Morgan fingerprint density at radius 3 is 2.75 bits per heavy atom. The van der Waals surface area contributed by atoms with E-state index in [9.17, 15) is 9.59 Å². The van der Waals surface area contributed by atoms with Gasteiger partial charge in [-0.2, -0.15) is 0 Å². The van der Waals surface area contributed by atoms with Crippen LogP contribution in [0.25, 0.3) is 10.9 Å². The Morgan fingerprint density at radius 1 is 1.35 bits per heavy atom. The van der Waals surface area contributed by atoms with Gasteiger partial charge in [0.15, 0.2) is 0 Å². The molecular formula is C15H18N2O3. The van der Waals surface area contributed by atoms with Gasteiger partial charge >= 0.3 is 5.97 Å². The number of nitrogens with one attached hydrogen (secondary N) is 1. The lowest BCUT2D eigenvalue weighted by Crippen LogP contribution is -2.38. The van der Waals surface area contributed by atoms with E-state index in [-0.39, 0.29) is 12.3 Å². The number of carboxylic acid groups (broad SMARTS) is 1. The molecule has 0 fully saturated rings. The zero-order chi connectivity index (χ0) is 14.7. The number of carbonyl (C=O) groups is 2. The van der Waals surface area contributed by atoms with Gasteiger partial charge in [0.25, 0.3) is 0 Å². The van der Waals surface area contributed by atoms with Gasteiger partial charge in [-0.3, -0.25) is 9.59 Å². The van der Waals surface area contributed by atoms with E-state index >= 15 is 0 Å². The van der Waals surface area contributed by atoms with Crippen LogP contribution in [0.15, 0.2) is 30.5 Å². The third kappa shape index (κ3) is 2.99. The monoisotopic (exact) mass is 274 g/mol. The maximum atomic E-state index is 11.7. The first-order chi connectivity index (χ1) is 9.49. The number of hydrogen-bond acceptors (Lipinski definition) is 2. The number of benzene rings is 1. The summed E-state index contributed by atoms with van der Waals surface area (Å²) in [4.78, 5) is 22.4. The molecule has 2 N–H and O–H groups in total. The van der Waals surface area contributed by atoms with Gasteiger partial charge in [-0.25, -0.2) is 0 Å². The van der Waals surface area contributed by atoms with E-state index in [1.807, 2.05) is 42.1 Å². The Labute approximate surface area is 117 Å². The first kappa shape index (κ1) is 14.1. The smallest absolute Gasteiger partial charge is 0.325 e. The molecule has 0 saturated carbocycles. The lowest BCUT2D eigenvalue weighted by molar-refractivity contribution is -0.141. The molecule has 0 aliphatic rings. The SMILES string of the molecule is CC(NC(=O)CCc1cn(C)c2ccccc12)C(=O)O. The summed E-state index contributed by atoms with van der Waals surface area (Å²) in [6, 6.07) is 7.16. The summed E-state index contributed by atoms with van der Waals surface area (Å²) in [5.41, 5.74) is 2.23. The lowest BCUT2D eigenvalue weighted by atomic mass is 10.1. The van der Waals surface area contributed by atoms with Crippen molar-refractivity contribution in [3.05, 3.63) is 36.0 Å². The summed E-state index contributed by atoms with van der Waals surface area (Å²) in [5, 5.41) is 12.3. The number of carboxylic acids is 1. The highest BCUT2D eigenvalue weighted by Gasteiger charge is 2.14. The van der Waals surface area contributed by atoms with Gasteiger partial charge in [-0.1, -0.05) is 18.2 Å². The van der Waals surface area contributed by atoms with Crippen LogP contribution < -0.4 is 5.32 Å². The molecule has 0 spiro atoms.